The van der Waals surface area contributed by atoms with Crippen molar-refractivity contribution in [1.82, 2.24) is 10.2 Å². The van der Waals surface area contributed by atoms with Gasteiger partial charge in [0.15, 0.2) is 18.1 Å². The summed E-state index contributed by atoms with van der Waals surface area (Å²) in [5.41, 5.74) is 0.949. The lowest BCUT2D eigenvalue weighted by Gasteiger charge is -2.19. The number of rotatable bonds is 4. The van der Waals surface area contributed by atoms with Gasteiger partial charge in [-0.2, -0.15) is 0 Å². The average molecular weight is 407 g/mol. The van der Waals surface area contributed by atoms with Gasteiger partial charge in [-0.3, -0.25) is 0 Å². The molecular formula is C18H12Cl2N2O5. The second-order valence-corrected chi connectivity index (χ2v) is 6.41. The van der Waals surface area contributed by atoms with Gasteiger partial charge in [-0.25, -0.2) is 4.79 Å². The topological polar surface area (TPSA) is 83.7 Å². The molecule has 0 N–H and O–H groups in total. The highest BCUT2D eigenvalue weighted by Gasteiger charge is 2.20. The molecule has 0 amide bonds. The van der Waals surface area contributed by atoms with Gasteiger partial charge < -0.3 is 18.6 Å². The standard InChI is InChI=1S/C18H12Cl2N2O5/c19-12-3-1-10(2-4-12)17-22-21-15(27-17)9-26-18(23)11-7-13(20)16-14(8-11)24-5-6-25-16/h1-4,7-8H,5-6,9H2. The molecule has 0 spiro atoms. The van der Waals surface area contributed by atoms with Gasteiger partial charge in [0.25, 0.3) is 5.89 Å². The van der Waals surface area contributed by atoms with Crippen LogP contribution in [0.3, 0.4) is 0 Å². The Morgan fingerprint density at radius 3 is 2.67 bits per heavy atom. The molecule has 7 nitrogen and oxygen atoms in total. The van der Waals surface area contributed by atoms with Crippen molar-refractivity contribution in [1.29, 1.82) is 0 Å². The molecule has 0 saturated heterocycles. The van der Waals surface area contributed by atoms with Gasteiger partial charge in [-0.05, 0) is 36.4 Å². The minimum absolute atomic E-state index is 0.164. The Labute approximate surface area is 163 Å². The normalized spacial score (nSPS) is 12.7. The summed E-state index contributed by atoms with van der Waals surface area (Å²) in [6.45, 7) is 0.617. The molecule has 1 aromatic heterocycles. The van der Waals surface area contributed by atoms with Gasteiger partial charge in [-0.1, -0.05) is 23.2 Å². The van der Waals surface area contributed by atoms with Gasteiger partial charge in [-0.15, -0.1) is 10.2 Å². The Bertz CT molecular complexity index is 988. The van der Waals surface area contributed by atoms with Crippen LogP contribution in [0.5, 0.6) is 11.5 Å². The minimum atomic E-state index is -0.597. The van der Waals surface area contributed by atoms with Gasteiger partial charge >= 0.3 is 5.97 Å². The molecule has 0 fully saturated rings. The van der Waals surface area contributed by atoms with Crippen molar-refractivity contribution in [3.8, 4) is 23.0 Å². The Hall–Kier alpha value is -2.77. The Kier molecular flexibility index (Phi) is 4.87. The number of nitrogens with zero attached hydrogens (tertiary/aromatic N) is 2. The molecule has 1 aliphatic heterocycles. The van der Waals surface area contributed by atoms with Crippen LogP contribution in [0.15, 0.2) is 40.8 Å². The van der Waals surface area contributed by atoms with Crippen LogP contribution >= 0.6 is 23.2 Å². The van der Waals surface area contributed by atoms with Crippen molar-refractivity contribution < 1.29 is 23.4 Å². The molecule has 3 aromatic rings. The van der Waals surface area contributed by atoms with Crippen molar-refractivity contribution in [2.75, 3.05) is 13.2 Å². The lowest BCUT2D eigenvalue weighted by Crippen LogP contribution is -2.16. The van der Waals surface area contributed by atoms with E-state index in [2.05, 4.69) is 10.2 Å². The first kappa shape index (κ1) is 17.6. The molecule has 138 valence electrons. The number of ether oxygens (including phenoxy) is 3. The smallest absolute Gasteiger partial charge is 0.338 e. The van der Waals surface area contributed by atoms with Crippen molar-refractivity contribution in [2.24, 2.45) is 0 Å². The van der Waals surface area contributed by atoms with Crippen LogP contribution in [0.25, 0.3) is 11.5 Å². The van der Waals surface area contributed by atoms with Crippen molar-refractivity contribution in [3.05, 3.63) is 57.9 Å². The van der Waals surface area contributed by atoms with Gasteiger partial charge in [0.05, 0.1) is 10.6 Å². The van der Waals surface area contributed by atoms with E-state index in [0.29, 0.717) is 41.2 Å². The second kappa shape index (κ2) is 7.46. The van der Waals surface area contributed by atoms with E-state index in [1.165, 1.54) is 12.1 Å². The fourth-order valence-corrected chi connectivity index (χ4v) is 2.85. The van der Waals surface area contributed by atoms with Crippen LogP contribution in [0.2, 0.25) is 10.0 Å². The first-order valence-corrected chi connectivity index (χ1v) is 8.70. The highest BCUT2D eigenvalue weighted by Crippen LogP contribution is 2.38. The quantitative estimate of drug-likeness (QED) is 0.600. The van der Waals surface area contributed by atoms with Crippen molar-refractivity contribution in [3.63, 3.8) is 0 Å². The van der Waals surface area contributed by atoms with Gasteiger partial charge in [0.2, 0.25) is 5.89 Å². The van der Waals surface area contributed by atoms with Crippen LogP contribution in [0.4, 0.5) is 0 Å². The predicted molar refractivity (Wildman–Crippen MR) is 96.3 cm³/mol. The van der Waals surface area contributed by atoms with Gasteiger partial charge in [0.1, 0.15) is 13.2 Å². The molecule has 0 unspecified atom stereocenters. The van der Waals surface area contributed by atoms with E-state index in [0.717, 1.165) is 0 Å². The zero-order chi connectivity index (χ0) is 18.8. The van der Waals surface area contributed by atoms with Crippen molar-refractivity contribution >= 4 is 29.2 Å². The molecule has 0 aliphatic carbocycles. The molecule has 27 heavy (non-hydrogen) atoms. The van der Waals surface area contributed by atoms with Crippen LogP contribution in [-0.4, -0.2) is 29.4 Å². The van der Waals surface area contributed by atoms with E-state index < -0.39 is 5.97 Å². The molecule has 4 rings (SSSR count). The minimum Gasteiger partial charge on any atom is -0.486 e. The molecular weight excluding hydrogens is 395 g/mol. The molecule has 0 atom stereocenters. The first-order chi connectivity index (χ1) is 13.1. The number of esters is 1. The molecule has 9 heteroatoms. The van der Waals surface area contributed by atoms with Crippen LogP contribution < -0.4 is 9.47 Å². The third kappa shape index (κ3) is 3.84. The lowest BCUT2D eigenvalue weighted by atomic mass is 10.2. The summed E-state index contributed by atoms with van der Waals surface area (Å²) in [7, 11) is 0. The number of hydrogen-bond acceptors (Lipinski definition) is 7. The highest BCUT2D eigenvalue weighted by atomic mass is 35.5. The Morgan fingerprint density at radius 2 is 1.85 bits per heavy atom. The molecule has 1 aliphatic rings. The fraction of sp³-hybridized carbons (Fsp3) is 0.167. The summed E-state index contributed by atoms with van der Waals surface area (Å²) >= 11 is 12.0. The largest absolute Gasteiger partial charge is 0.486 e. The number of fused-ring (bicyclic) bond motifs is 1. The monoisotopic (exact) mass is 406 g/mol. The summed E-state index contributed by atoms with van der Waals surface area (Å²) in [4.78, 5) is 12.3. The van der Waals surface area contributed by atoms with E-state index in [9.17, 15) is 4.79 Å². The molecule has 0 saturated carbocycles. The number of carbonyl (C=O) groups excluding carboxylic acids is 1. The second-order valence-electron chi connectivity index (χ2n) is 5.57. The number of benzene rings is 2. The summed E-state index contributed by atoms with van der Waals surface area (Å²) in [5.74, 6) is 0.699. The first-order valence-electron chi connectivity index (χ1n) is 7.95. The lowest BCUT2D eigenvalue weighted by molar-refractivity contribution is 0.0437. The molecule has 2 aromatic carbocycles. The maximum atomic E-state index is 12.3. The Balaban J connectivity index is 1.44. The average Bonchev–Trinajstić information content (AvgIpc) is 3.15. The van der Waals surface area contributed by atoms with E-state index in [4.69, 9.17) is 41.8 Å². The maximum absolute atomic E-state index is 12.3. The van der Waals surface area contributed by atoms with Crippen LogP contribution in [0.1, 0.15) is 16.2 Å². The fourth-order valence-electron chi connectivity index (χ4n) is 2.46. The third-order valence-corrected chi connectivity index (χ3v) is 4.25. The van der Waals surface area contributed by atoms with Crippen LogP contribution in [-0.2, 0) is 11.3 Å². The molecule has 0 radical (unpaired) electrons. The van der Waals surface area contributed by atoms with E-state index in [1.54, 1.807) is 24.3 Å². The molecule has 0 bridgehead atoms. The summed E-state index contributed by atoms with van der Waals surface area (Å²) in [6, 6.07) is 9.92. The summed E-state index contributed by atoms with van der Waals surface area (Å²) < 4.78 is 21.6. The molecule has 2 heterocycles. The zero-order valence-electron chi connectivity index (χ0n) is 13.8. The number of aromatic nitrogens is 2. The van der Waals surface area contributed by atoms with E-state index in [1.807, 2.05) is 0 Å². The Morgan fingerprint density at radius 1 is 1.07 bits per heavy atom. The van der Waals surface area contributed by atoms with E-state index >= 15 is 0 Å². The van der Waals surface area contributed by atoms with Crippen molar-refractivity contribution in [2.45, 2.75) is 6.61 Å². The highest BCUT2D eigenvalue weighted by molar-refractivity contribution is 6.32. The summed E-state index contributed by atoms with van der Waals surface area (Å²) in [5, 5.41) is 8.68. The zero-order valence-corrected chi connectivity index (χ0v) is 15.3. The van der Waals surface area contributed by atoms with Crippen LogP contribution in [0, 0.1) is 0 Å². The SMILES string of the molecule is O=C(OCc1nnc(-c2ccc(Cl)cc2)o1)c1cc(Cl)c2c(c1)OCCO2. The number of carbonyl (C=O) groups is 1. The van der Waals surface area contributed by atoms with E-state index in [-0.39, 0.29) is 23.1 Å². The predicted octanol–water partition coefficient (Wildman–Crippen LogP) is 4.17. The summed E-state index contributed by atoms with van der Waals surface area (Å²) in [6.07, 6.45) is 0. The number of halogens is 2. The maximum Gasteiger partial charge on any atom is 0.338 e. The van der Waals surface area contributed by atoms with Gasteiger partial charge in [0, 0.05) is 10.6 Å². The number of hydrogen-bond donors (Lipinski definition) is 0. The third-order valence-electron chi connectivity index (χ3n) is 3.72.